The molecule has 0 saturated carbocycles. The first-order valence-corrected chi connectivity index (χ1v) is 8.50. The van der Waals surface area contributed by atoms with Gasteiger partial charge in [-0.15, -0.1) is 0 Å². The highest BCUT2D eigenvalue weighted by molar-refractivity contribution is 5.76. The molecule has 0 aliphatic carbocycles. The largest absolute Gasteiger partial charge is 0.463 e. The summed E-state index contributed by atoms with van der Waals surface area (Å²) >= 11 is 0. The molecule has 9 heteroatoms. The number of hydrogen-bond acceptors (Lipinski definition) is 8. The van der Waals surface area contributed by atoms with Gasteiger partial charge in [0.1, 0.15) is 24.9 Å². The quantitative estimate of drug-likeness (QED) is 0.499. The van der Waals surface area contributed by atoms with Crippen LogP contribution in [0, 0.1) is 0 Å². The minimum Gasteiger partial charge on any atom is -0.463 e. The van der Waals surface area contributed by atoms with Crippen LogP contribution in [0.4, 0.5) is 0 Å². The summed E-state index contributed by atoms with van der Waals surface area (Å²) in [7, 11) is 0. The van der Waals surface area contributed by atoms with Crippen molar-refractivity contribution in [3.63, 3.8) is 0 Å². The maximum Gasteiger partial charge on any atom is 0.305 e. The van der Waals surface area contributed by atoms with E-state index >= 15 is 0 Å². The van der Waals surface area contributed by atoms with Crippen LogP contribution in [-0.2, 0) is 28.6 Å². The molecule has 0 aromatic heterocycles. The molecule has 0 aromatic carbocycles. The first kappa shape index (κ1) is 21.3. The van der Waals surface area contributed by atoms with Gasteiger partial charge in [0, 0.05) is 19.3 Å². The van der Waals surface area contributed by atoms with Gasteiger partial charge < -0.3 is 29.7 Å². The summed E-state index contributed by atoms with van der Waals surface area (Å²) in [6.45, 7) is 4.72. The van der Waals surface area contributed by atoms with Crippen molar-refractivity contribution in [3.8, 4) is 0 Å². The molecule has 1 rings (SSSR count). The second kappa shape index (κ2) is 10.3. The van der Waals surface area contributed by atoms with Gasteiger partial charge in [0.05, 0.1) is 0 Å². The Hall–Kier alpha value is -1.71. The smallest absolute Gasteiger partial charge is 0.305 e. The Morgan fingerprint density at radius 1 is 1.08 bits per heavy atom. The average molecular weight is 361 g/mol. The Kier molecular flexibility index (Phi) is 8.81. The zero-order chi connectivity index (χ0) is 19.0. The van der Waals surface area contributed by atoms with Crippen LogP contribution >= 0.6 is 0 Å². The van der Waals surface area contributed by atoms with Crippen LogP contribution in [0.2, 0.25) is 0 Å². The first-order valence-electron chi connectivity index (χ1n) is 8.50. The summed E-state index contributed by atoms with van der Waals surface area (Å²) in [4.78, 5) is 34.7. The molecular weight excluding hydrogens is 334 g/mol. The maximum absolute atomic E-state index is 11.8. The fraction of sp³-hybridized carbons (Fsp3) is 0.812. The fourth-order valence-electron chi connectivity index (χ4n) is 2.37. The monoisotopic (exact) mass is 361 g/mol. The van der Waals surface area contributed by atoms with Crippen LogP contribution in [0.25, 0.3) is 0 Å². The molecule has 1 amide bonds. The molecule has 144 valence electrons. The highest BCUT2D eigenvalue weighted by atomic mass is 16.7. The Morgan fingerprint density at radius 2 is 1.72 bits per heavy atom. The van der Waals surface area contributed by atoms with E-state index in [9.17, 15) is 24.6 Å². The Morgan fingerprint density at radius 3 is 2.28 bits per heavy atom. The standard InChI is InChI=1S/C16H27NO8/c1-4-7-10(18)17-13-14(21)15(25-12(20)6-3)9(24-16(13)22)8-23-11(19)5-2/h9,13-16,21-22H,4-8H2,1-3H3,(H,17,18)/t9-,13-,14-,15-,16?/m1/s1. The minimum absolute atomic E-state index is 0.0695. The summed E-state index contributed by atoms with van der Waals surface area (Å²) < 4.78 is 15.5. The molecule has 1 saturated heterocycles. The SMILES string of the molecule is CCCC(=O)N[C@H]1C(O)O[C@H](COC(=O)CC)[C@@H](OC(=O)CC)[C@@H]1O. The molecule has 3 N–H and O–H groups in total. The normalized spacial score (nSPS) is 28.9. The van der Waals surface area contributed by atoms with E-state index in [1.54, 1.807) is 13.8 Å². The number of aliphatic hydroxyl groups is 2. The van der Waals surface area contributed by atoms with Gasteiger partial charge in [-0.25, -0.2) is 0 Å². The van der Waals surface area contributed by atoms with Crippen molar-refractivity contribution < 1.29 is 38.8 Å². The lowest BCUT2D eigenvalue weighted by molar-refractivity contribution is -0.261. The van der Waals surface area contributed by atoms with E-state index in [1.807, 2.05) is 6.92 Å². The minimum atomic E-state index is -1.53. The second-order valence-electron chi connectivity index (χ2n) is 5.74. The van der Waals surface area contributed by atoms with Crippen LogP contribution in [0.5, 0.6) is 0 Å². The van der Waals surface area contributed by atoms with E-state index < -0.39 is 42.6 Å². The van der Waals surface area contributed by atoms with Gasteiger partial charge in [0.15, 0.2) is 12.4 Å². The van der Waals surface area contributed by atoms with Crippen LogP contribution in [0.1, 0.15) is 46.5 Å². The van der Waals surface area contributed by atoms with E-state index in [0.717, 1.165) is 0 Å². The van der Waals surface area contributed by atoms with E-state index in [1.165, 1.54) is 0 Å². The number of esters is 2. The van der Waals surface area contributed by atoms with Gasteiger partial charge in [-0.3, -0.25) is 14.4 Å². The summed E-state index contributed by atoms with van der Waals surface area (Å²) in [5.74, 6) is -1.45. The van der Waals surface area contributed by atoms with E-state index in [-0.39, 0.29) is 31.8 Å². The zero-order valence-electron chi connectivity index (χ0n) is 14.8. The molecular formula is C16H27NO8. The molecule has 1 aliphatic rings. The van der Waals surface area contributed by atoms with Crippen LogP contribution in [0.15, 0.2) is 0 Å². The molecule has 0 radical (unpaired) electrons. The van der Waals surface area contributed by atoms with Crippen molar-refractivity contribution in [2.24, 2.45) is 0 Å². The predicted octanol–water partition coefficient (Wildman–Crippen LogP) is -0.376. The number of aliphatic hydroxyl groups excluding tert-OH is 2. The lowest BCUT2D eigenvalue weighted by Gasteiger charge is -2.42. The third-order valence-electron chi connectivity index (χ3n) is 3.75. The van der Waals surface area contributed by atoms with Crippen molar-refractivity contribution >= 4 is 17.8 Å². The van der Waals surface area contributed by atoms with Crippen molar-refractivity contribution in [3.05, 3.63) is 0 Å². The molecule has 1 heterocycles. The van der Waals surface area contributed by atoms with Gasteiger partial charge in [0.25, 0.3) is 0 Å². The Balaban J connectivity index is 2.87. The van der Waals surface area contributed by atoms with Gasteiger partial charge in [-0.2, -0.15) is 0 Å². The first-order chi connectivity index (χ1) is 11.8. The molecule has 0 bridgehead atoms. The molecule has 0 spiro atoms. The lowest BCUT2D eigenvalue weighted by atomic mass is 9.96. The van der Waals surface area contributed by atoms with Crippen LogP contribution < -0.4 is 5.32 Å². The van der Waals surface area contributed by atoms with E-state index in [4.69, 9.17) is 14.2 Å². The summed E-state index contributed by atoms with van der Waals surface area (Å²) in [5, 5.41) is 23.0. The Labute approximate surface area is 146 Å². The van der Waals surface area contributed by atoms with Gasteiger partial charge >= 0.3 is 11.9 Å². The van der Waals surface area contributed by atoms with Crippen molar-refractivity contribution in [2.75, 3.05) is 6.61 Å². The number of hydrogen-bond donors (Lipinski definition) is 3. The molecule has 1 fully saturated rings. The zero-order valence-corrected chi connectivity index (χ0v) is 14.8. The highest BCUT2D eigenvalue weighted by Gasteiger charge is 2.47. The third-order valence-corrected chi connectivity index (χ3v) is 3.75. The topological polar surface area (TPSA) is 131 Å². The Bertz CT molecular complexity index is 469. The number of amides is 1. The van der Waals surface area contributed by atoms with Gasteiger partial charge in [-0.1, -0.05) is 20.8 Å². The van der Waals surface area contributed by atoms with E-state index in [0.29, 0.717) is 6.42 Å². The number of carbonyl (C=O) groups excluding carboxylic acids is 3. The van der Waals surface area contributed by atoms with Crippen LogP contribution in [-0.4, -0.2) is 65.3 Å². The third kappa shape index (κ3) is 6.26. The maximum atomic E-state index is 11.8. The van der Waals surface area contributed by atoms with E-state index in [2.05, 4.69) is 5.32 Å². The number of rotatable bonds is 8. The number of ether oxygens (including phenoxy) is 3. The molecule has 1 unspecified atom stereocenters. The average Bonchev–Trinajstić information content (AvgIpc) is 2.59. The number of nitrogens with one attached hydrogen (secondary N) is 1. The predicted molar refractivity (Wildman–Crippen MR) is 85.1 cm³/mol. The molecule has 25 heavy (non-hydrogen) atoms. The van der Waals surface area contributed by atoms with Gasteiger partial charge in [0.2, 0.25) is 5.91 Å². The fourth-order valence-corrected chi connectivity index (χ4v) is 2.37. The van der Waals surface area contributed by atoms with Gasteiger partial charge in [-0.05, 0) is 6.42 Å². The lowest BCUT2D eigenvalue weighted by Crippen LogP contribution is -2.65. The summed E-state index contributed by atoms with van der Waals surface area (Å²) in [6.07, 6.45) is -4.15. The molecule has 5 atom stereocenters. The highest BCUT2D eigenvalue weighted by Crippen LogP contribution is 2.24. The number of carbonyl (C=O) groups is 3. The van der Waals surface area contributed by atoms with Crippen LogP contribution in [0.3, 0.4) is 0 Å². The summed E-state index contributed by atoms with van der Waals surface area (Å²) in [5.41, 5.74) is 0. The molecule has 9 nitrogen and oxygen atoms in total. The van der Waals surface area contributed by atoms with Crippen molar-refractivity contribution in [2.45, 2.75) is 77.1 Å². The molecule has 1 aliphatic heterocycles. The summed E-state index contributed by atoms with van der Waals surface area (Å²) in [6, 6.07) is -1.16. The molecule has 0 aromatic rings. The second-order valence-corrected chi connectivity index (χ2v) is 5.74. The van der Waals surface area contributed by atoms with Crippen molar-refractivity contribution in [1.29, 1.82) is 0 Å². The van der Waals surface area contributed by atoms with Crippen molar-refractivity contribution in [1.82, 2.24) is 5.32 Å².